The molecule has 0 aliphatic carbocycles. The van der Waals surface area contributed by atoms with Crippen molar-refractivity contribution in [2.75, 3.05) is 13.7 Å². The number of hydrogen-bond donors (Lipinski definition) is 0. The molecule has 0 saturated carbocycles. The van der Waals surface area contributed by atoms with E-state index in [1.54, 1.807) is 12.0 Å². The van der Waals surface area contributed by atoms with Gasteiger partial charge in [0.1, 0.15) is 12.4 Å². The van der Waals surface area contributed by atoms with Gasteiger partial charge in [-0.15, -0.1) is 0 Å². The highest BCUT2D eigenvalue weighted by Gasteiger charge is 2.15. The second-order valence-corrected chi connectivity index (χ2v) is 6.90. The molecule has 6 heteroatoms. The van der Waals surface area contributed by atoms with E-state index in [4.69, 9.17) is 21.1 Å². The molecule has 0 aliphatic heterocycles. The molecular weight excluding hydrogens is 378 g/mol. The average molecular weight is 404 g/mol. The molecule has 0 radical (unpaired) electrons. The van der Waals surface area contributed by atoms with Gasteiger partial charge in [-0.2, -0.15) is 0 Å². The van der Waals surface area contributed by atoms with Crippen molar-refractivity contribution in [2.24, 2.45) is 0 Å². The molecule has 28 heavy (non-hydrogen) atoms. The second-order valence-electron chi connectivity index (χ2n) is 6.48. The molecular formula is C22H26ClNO4. The summed E-state index contributed by atoms with van der Waals surface area (Å²) in [4.78, 5) is 25.1. The number of hydrogen-bond acceptors (Lipinski definition) is 4. The highest BCUT2D eigenvalue weighted by molar-refractivity contribution is 6.63. The first-order valence-electron chi connectivity index (χ1n) is 9.35. The van der Waals surface area contributed by atoms with Gasteiger partial charge in [-0.25, -0.2) is 4.79 Å². The maximum absolute atomic E-state index is 12.6. The van der Waals surface area contributed by atoms with Gasteiger partial charge < -0.3 is 14.4 Å². The van der Waals surface area contributed by atoms with Crippen molar-refractivity contribution >= 4 is 22.9 Å². The van der Waals surface area contributed by atoms with Crippen LogP contribution < -0.4 is 4.74 Å². The molecule has 0 aliphatic rings. The van der Waals surface area contributed by atoms with Crippen LogP contribution in [-0.4, -0.2) is 29.9 Å². The Kier molecular flexibility index (Phi) is 9.35. The Labute approximate surface area is 171 Å². The summed E-state index contributed by atoms with van der Waals surface area (Å²) in [6.07, 6.45) is 2.33. The molecule has 150 valence electrons. The number of ether oxygens (including phenoxy) is 2. The number of methoxy groups -OCH3 is 1. The predicted molar refractivity (Wildman–Crippen MR) is 109 cm³/mol. The zero-order valence-electron chi connectivity index (χ0n) is 16.1. The molecule has 5 nitrogen and oxygen atoms in total. The van der Waals surface area contributed by atoms with Gasteiger partial charge in [0.15, 0.2) is 0 Å². The van der Waals surface area contributed by atoms with E-state index >= 15 is 0 Å². The van der Waals surface area contributed by atoms with Gasteiger partial charge in [0.25, 0.3) is 0 Å². The van der Waals surface area contributed by atoms with Gasteiger partial charge in [-0.1, -0.05) is 48.9 Å². The Morgan fingerprint density at radius 1 is 0.929 bits per heavy atom. The van der Waals surface area contributed by atoms with E-state index in [1.165, 1.54) is 0 Å². The summed E-state index contributed by atoms with van der Waals surface area (Å²) in [6, 6.07) is 17.2. The van der Waals surface area contributed by atoms with E-state index in [0.717, 1.165) is 36.1 Å². The van der Waals surface area contributed by atoms with E-state index in [1.807, 2.05) is 54.6 Å². The minimum absolute atomic E-state index is 0.236. The van der Waals surface area contributed by atoms with Crippen molar-refractivity contribution in [3.63, 3.8) is 0 Å². The number of rotatable bonds is 11. The van der Waals surface area contributed by atoms with Crippen molar-refractivity contribution < 1.29 is 19.1 Å². The fraction of sp³-hybridized carbons (Fsp3) is 0.364. The van der Waals surface area contributed by atoms with Gasteiger partial charge in [0.05, 0.1) is 7.11 Å². The molecule has 0 aromatic heterocycles. The fourth-order valence-corrected chi connectivity index (χ4v) is 2.87. The summed E-state index contributed by atoms with van der Waals surface area (Å²) in [5, 5.41) is -0.322. The zero-order valence-corrected chi connectivity index (χ0v) is 16.9. The van der Waals surface area contributed by atoms with Gasteiger partial charge in [-0.3, -0.25) is 4.79 Å². The smallest absolute Gasteiger partial charge is 0.410 e. The maximum Gasteiger partial charge on any atom is 0.410 e. The topological polar surface area (TPSA) is 55.8 Å². The largest absolute Gasteiger partial charge is 0.497 e. The Morgan fingerprint density at radius 2 is 1.64 bits per heavy atom. The molecule has 2 aromatic rings. The lowest BCUT2D eigenvalue weighted by Crippen LogP contribution is -2.32. The monoisotopic (exact) mass is 403 g/mol. The lowest BCUT2D eigenvalue weighted by molar-refractivity contribution is -0.111. The summed E-state index contributed by atoms with van der Waals surface area (Å²) < 4.78 is 10.7. The van der Waals surface area contributed by atoms with Crippen molar-refractivity contribution in [3.05, 3.63) is 65.7 Å². The quantitative estimate of drug-likeness (QED) is 0.384. The number of unbranched alkanes of at least 4 members (excludes halogenated alkanes) is 2. The maximum atomic E-state index is 12.6. The van der Waals surface area contributed by atoms with E-state index in [9.17, 15) is 9.59 Å². The lowest BCUT2D eigenvalue weighted by atomic mass is 10.1. The first-order chi connectivity index (χ1) is 13.6. The average Bonchev–Trinajstić information content (AvgIpc) is 2.72. The SMILES string of the molecule is COc1ccc(CN(CCCCCC(=O)Cl)C(=O)OCc2ccccc2)cc1. The molecule has 0 atom stereocenters. The zero-order chi connectivity index (χ0) is 20.2. The number of benzene rings is 2. The number of carbonyl (C=O) groups is 2. The standard InChI is InChI=1S/C22H26ClNO4/c1-27-20-13-11-18(12-14-20)16-24(15-7-3-6-10-21(23)25)22(26)28-17-19-8-4-2-5-9-19/h2,4-5,8-9,11-14H,3,6-7,10,15-17H2,1H3. The Balaban J connectivity index is 1.93. The van der Waals surface area contributed by atoms with E-state index < -0.39 is 0 Å². The molecule has 0 N–H and O–H groups in total. The summed E-state index contributed by atoms with van der Waals surface area (Å²) >= 11 is 5.37. The van der Waals surface area contributed by atoms with Crippen LogP contribution in [0.15, 0.2) is 54.6 Å². The van der Waals surface area contributed by atoms with Crippen LogP contribution in [0.1, 0.15) is 36.8 Å². The van der Waals surface area contributed by atoms with E-state index in [2.05, 4.69) is 0 Å². The highest BCUT2D eigenvalue weighted by atomic mass is 35.5. The van der Waals surface area contributed by atoms with Crippen LogP contribution in [0, 0.1) is 0 Å². The highest BCUT2D eigenvalue weighted by Crippen LogP contribution is 2.15. The van der Waals surface area contributed by atoms with Crippen LogP contribution in [0.5, 0.6) is 5.75 Å². The summed E-state index contributed by atoms with van der Waals surface area (Å²) in [5.41, 5.74) is 1.94. The molecule has 2 aromatic carbocycles. The molecule has 0 unspecified atom stereocenters. The molecule has 0 saturated heterocycles. The van der Waals surface area contributed by atoms with Crippen LogP contribution in [-0.2, 0) is 22.7 Å². The van der Waals surface area contributed by atoms with Crippen molar-refractivity contribution in [1.82, 2.24) is 4.90 Å². The minimum atomic E-state index is -0.354. The molecule has 2 rings (SSSR count). The third kappa shape index (κ3) is 8.01. The number of amides is 1. The summed E-state index contributed by atoms with van der Waals surface area (Å²) in [7, 11) is 1.62. The Hall–Kier alpha value is -2.53. The second kappa shape index (κ2) is 12.0. The summed E-state index contributed by atoms with van der Waals surface area (Å²) in [5.74, 6) is 0.771. The fourth-order valence-electron chi connectivity index (χ4n) is 2.74. The number of halogens is 1. The molecule has 0 fully saturated rings. The van der Waals surface area contributed by atoms with Crippen LogP contribution in [0.25, 0.3) is 0 Å². The molecule has 0 heterocycles. The van der Waals surface area contributed by atoms with Gasteiger partial charge >= 0.3 is 6.09 Å². The third-order valence-corrected chi connectivity index (χ3v) is 4.49. The summed E-state index contributed by atoms with van der Waals surface area (Å²) in [6.45, 7) is 1.24. The molecule has 0 spiro atoms. The Morgan fingerprint density at radius 3 is 2.29 bits per heavy atom. The number of nitrogens with zero attached hydrogens (tertiary/aromatic N) is 1. The first-order valence-corrected chi connectivity index (χ1v) is 9.73. The third-order valence-electron chi connectivity index (χ3n) is 4.30. The minimum Gasteiger partial charge on any atom is -0.497 e. The normalized spacial score (nSPS) is 10.4. The van der Waals surface area contributed by atoms with Crippen molar-refractivity contribution in [2.45, 2.75) is 38.8 Å². The molecule has 0 bridgehead atoms. The van der Waals surface area contributed by atoms with Gasteiger partial charge in [0.2, 0.25) is 5.24 Å². The van der Waals surface area contributed by atoms with Crippen LogP contribution in [0.4, 0.5) is 4.79 Å². The first kappa shape index (κ1) is 21.8. The van der Waals surface area contributed by atoms with Gasteiger partial charge in [-0.05, 0) is 47.7 Å². The van der Waals surface area contributed by atoms with Crippen LogP contribution in [0.2, 0.25) is 0 Å². The van der Waals surface area contributed by atoms with Crippen molar-refractivity contribution in [1.29, 1.82) is 0 Å². The predicted octanol–water partition coefficient (Wildman–Crippen LogP) is 5.16. The van der Waals surface area contributed by atoms with E-state index in [-0.39, 0.29) is 17.9 Å². The molecule has 1 amide bonds. The van der Waals surface area contributed by atoms with E-state index in [0.29, 0.717) is 19.5 Å². The van der Waals surface area contributed by atoms with Crippen molar-refractivity contribution in [3.8, 4) is 5.75 Å². The Bertz CT molecular complexity index is 734. The van der Waals surface area contributed by atoms with Crippen LogP contribution in [0.3, 0.4) is 0 Å². The van der Waals surface area contributed by atoms with Crippen LogP contribution >= 0.6 is 11.6 Å². The lowest BCUT2D eigenvalue weighted by Gasteiger charge is -2.22. The van der Waals surface area contributed by atoms with Gasteiger partial charge in [0, 0.05) is 19.5 Å². The number of carbonyl (C=O) groups excluding carboxylic acids is 2.